The van der Waals surface area contributed by atoms with Crippen LogP contribution in [0.25, 0.3) is 16.9 Å². The van der Waals surface area contributed by atoms with Gasteiger partial charge >= 0.3 is 0 Å². The number of nitrogens with zero attached hydrogens (tertiary/aromatic N) is 4. The highest BCUT2D eigenvalue weighted by Gasteiger charge is 2.17. The molecule has 0 bridgehead atoms. The predicted molar refractivity (Wildman–Crippen MR) is 69.9 cm³/mol. The number of benzene rings is 1. The van der Waals surface area contributed by atoms with E-state index in [9.17, 15) is 9.18 Å². The maximum absolute atomic E-state index is 13.9. The second kappa shape index (κ2) is 5.00. The third-order valence-electron chi connectivity index (χ3n) is 2.84. The molecule has 0 aliphatic heterocycles. The van der Waals surface area contributed by atoms with Crippen molar-refractivity contribution in [2.45, 2.75) is 0 Å². The van der Waals surface area contributed by atoms with Gasteiger partial charge in [-0.2, -0.15) is 0 Å². The van der Waals surface area contributed by atoms with E-state index in [1.807, 2.05) is 0 Å². The smallest absolute Gasteiger partial charge is 0.172 e. The van der Waals surface area contributed by atoms with Crippen LogP contribution < -0.4 is 0 Å². The second-order valence-corrected chi connectivity index (χ2v) is 4.04. The molecule has 0 unspecified atom stereocenters. The highest BCUT2D eigenvalue weighted by molar-refractivity contribution is 5.83. The minimum Gasteiger partial charge on any atom is -0.296 e. The molecule has 0 radical (unpaired) electrons. The number of rotatable bonds is 3. The van der Waals surface area contributed by atoms with Crippen LogP contribution in [0.4, 0.5) is 4.39 Å². The number of para-hydroxylation sites is 1. The monoisotopic (exact) mass is 268 g/mol. The van der Waals surface area contributed by atoms with E-state index in [4.69, 9.17) is 0 Å². The first-order chi connectivity index (χ1) is 9.81. The molecular formula is C14H9FN4O. The summed E-state index contributed by atoms with van der Waals surface area (Å²) in [5, 5.41) is 7.66. The van der Waals surface area contributed by atoms with Crippen molar-refractivity contribution in [1.82, 2.24) is 20.0 Å². The third kappa shape index (κ3) is 1.97. The lowest BCUT2D eigenvalue weighted by Gasteiger charge is -2.07. The van der Waals surface area contributed by atoms with E-state index in [0.29, 0.717) is 17.5 Å². The highest BCUT2D eigenvalue weighted by atomic mass is 19.1. The molecule has 2 heterocycles. The summed E-state index contributed by atoms with van der Waals surface area (Å²) in [5.74, 6) is -0.440. The van der Waals surface area contributed by atoms with Gasteiger partial charge in [0, 0.05) is 18.0 Å². The lowest BCUT2D eigenvalue weighted by Crippen LogP contribution is -2.02. The minimum atomic E-state index is -0.440. The van der Waals surface area contributed by atoms with Gasteiger partial charge in [-0.25, -0.2) is 9.07 Å². The Balaban J connectivity index is 2.26. The summed E-state index contributed by atoms with van der Waals surface area (Å²) in [6.07, 6.45) is 3.77. The maximum atomic E-state index is 13.9. The number of hydrogen-bond donors (Lipinski definition) is 0. The molecule has 3 aromatic rings. The van der Waals surface area contributed by atoms with Crippen molar-refractivity contribution in [2.75, 3.05) is 0 Å². The molecule has 0 N–H and O–H groups in total. The molecule has 0 amide bonds. The van der Waals surface area contributed by atoms with Crippen LogP contribution in [0, 0.1) is 5.82 Å². The quantitative estimate of drug-likeness (QED) is 0.684. The summed E-state index contributed by atoms with van der Waals surface area (Å²) in [6.45, 7) is 0. The fourth-order valence-corrected chi connectivity index (χ4v) is 1.94. The molecular weight excluding hydrogens is 259 g/mol. The fourth-order valence-electron chi connectivity index (χ4n) is 1.94. The Bertz CT molecular complexity index is 755. The Kier molecular flexibility index (Phi) is 3.04. The van der Waals surface area contributed by atoms with Gasteiger partial charge in [-0.3, -0.25) is 9.78 Å². The Morgan fingerprint density at radius 1 is 1.10 bits per heavy atom. The highest BCUT2D eigenvalue weighted by Crippen LogP contribution is 2.24. The van der Waals surface area contributed by atoms with Crippen LogP contribution in [0.15, 0.2) is 48.8 Å². The van der Waals surface area contributed by atoms with E-state index >= 15 is 0 Å². The number of pyridine rings is 1. The Morgan fingerprint density at radius 2 is 1.85 bits per heavy atom. The molecule has 0 saturated heterocycles. The molecule has 0 atom stereocenters. The number of halogens is 1. The van der Waals surface area contributed by atoms with E-state index < -0.39 is 5.82 Å². The molecule has 2 aromatic heterocycles. The summed E-state index contributed by atoms with van der Waals surface area (Å²) in [7, 11) is 0. The van der Waals surface area contributed by atoms with E-state index in [2.05, 4.69) is 15.3 Å². The fraction of sp³-hybridized carbons (Fsp3) is 0. The third-order valence-corrected chi connectivity index (χ3v) is 2.84. The summed E-state index contributed by atoms with van der Waals surface area (Å²) >= 11 is 0. The Morgan fingerprint density at radius 3 is 2.55 bits per heavy atom. The summed E-state index contributed by atoms with van der Waals surface area (Å²) < 4.78 is 15.2. The van der Waals surface area contributed by atoms with Crippen LogP contribution in [0.2, 0.25) is 0 Å². The first-order valence-corrected chi connectivity index (χ1v) is 5.87. The minimum absolute atomic E-state index is 0.152. The van der Waals surface area contributed by atoms with Crippen molar-refractivity contribution in [3.05, 3.63) is 60.3 Å². The number of carbonyl (C=O) groups is 1. The Hall–Kier alpha value is -2.89. The summed E-state index contributed by atoms with van der Waals surface area (Å²) in [5.41, 5.74) is 1.52. The van der Waals surface area contributed by atoms with Crippen LogP contribution in [0.3, 0.4) is 0 Å². The van der Waals surface area contributed by atoms with Crippen molar-refractivity contribution in [2.24, 2.45) is 0 Å². The van der Waals surface area contributed by atoms with Gasteiger partial charge in [0.05, 0.1) is 0 Å². The summed E-state index contributed by atoms with van der Waals surface area (Å²) in [6, 6.07) is 9.60. The van der Waals surface area contributed by atoms with Crippen molar-refractivity contribution in [1.29, 1.82) is 0 Å². The van der Waals surface area contributed by atoms with Crippen LogP contribution in [-0.4, -0.2) is 26.3 Å². The zero-order valence-electron chi connectivity index (χ0n) is 10.3. The average molecular weight is 268 g/mol. The van der Waals surface area contributed by atoms with Gasteiger partial charge in [0.1, 0.15) is 17.2 Å². The van der Waals surface area contributed by atoms with Crippen LogP contribution in [0.1, 0.15) is 10.5 Å². The van der Waals surface area contributed by atoms with Gasteiger partial charge in [0.2, 0.25) is 0 Å². The largest absolute Gasteiger partial charge is 0.296 e. The number of aldehydes is 1. The second-order valence-electron chi connectivity index (χ2n) is 4.04. The standard InChI is InChI=1S/C14H9FN4O/c15-11-3-1-2-4-13(11)19-14(12(9-20)17-18-19)10-5-7-16-8-6-10/h1-9H. The maximum Gasteiger partial charge on any atom is 0.172 e. The van der Waals surface area contributed by atoms with Crippen LogP contribution >= 0.6 is 0 Å². The van der Waals surface area contributed by atoms with Crippen molar-refractivity contribution in [3.63, 3.8) is 0 Å². The van der Waals surface area contributed by atoms with Gasteiger partial charge in [0.15, 0.2) is 12.0 Å². The first-order valence-electron chi connectivity index (χ1n) is 5.87. The molecule has 6 heteroatoms. The lowest BCUT2D eigenvalue weighted by atomic mass is 10.1. The molecule has 0 aliphatic rings. The molecule has 0 saturated carbocycles. The summed E-state index contributed by atoms with van der Waals surface area (Å²) in [4.78, 5) is 15.0. The number of aromatic nitrogens is 4. The van der Waals surface area contributed by atoms with Gasteiger partial charge < -0.3 is 0 Å². The Labute approximate surface area is 113 Å². The van der Waals surface area contributed by atoms with Gasteiger partial charge in [-0.05, 0) is 24.3 Å². The predicted octanol–water partition coefficient (Wildman–Crippen LogP) is 2.28. The molecule has 0 aliphatic carbocycles. The zero-order valence-corrected chi connectivity index (χ0v) is 10.3. The lowest BCUT2D eigenvalue weighted by molar-refractivity contribution is 0.111. The van der Waals surface area contributed by atoms with Gasteiger partial charge in [-0.1, -0.05) is 17.3 Å². The van der Waals surface area contributed by atoms with E-state index in [1.165, 1.54) is 10.7 Å². The van der Waals surface area contributed by atoms with E-state index in [0.717, 1.165) is 0 Å². The molecule has 20 heavy (non-hydrogen) atoms. The van der Waals surface area contributed by atoms with Crippen LogP contribution in [0.5, 0.6) is 0 Å². The first kappa shape index (κ1) is 12.2. The van der Waals surface area contributed by atoms with Crippen LogP contribution in [-0.2, 0) is 0 Å². The zero-order chi connectivity index (χ0) is 13.9. The van der Waals surface area contributed by atoms with Crippen molar-refractivity contribution in [3.8, 4) is 16.9 Å². The topological polar surface area (TPSA) is 60.7 Å². The molecule has 5 nitrogen and oxygen atoms in total. The van der Waals surface area contributed by atoms with Crippen molar-refractivity contribution >= 4 is 6.29 Å². The molecule has 98 valence electrons. The molecule has 0 spiro atoms. The number of carbonyl (C=O) groups excluding carboxylic acids is 1. The number of hydrogen-bond acceptors (Lipinski definition) is 4. The van der Waals surface area contributed by atoms with E-state index in [1.54, 1.807) is 42.7 Å². The van der Waals surface area contributed by atoms with E-state index in [-0.39, 0.29) is 11.4 Å². The molecule has 0 fully saturated rings. The van der Waals surface area contributed by atoms with Crippen molar-refractivity contribution < 1.29 is 9.18 Å². The average Bonchev–Trinajstić information content (AvgIpc) is 2.92. The normalized spacial score (nSPS) is 10.4. The molecule has 1 aromatic carbocycles. The molecule has 3 rings (SSSR count). The SMILES string of the molecule is O=Cc1nnn(-c2ccccc2F)c1-c1ccncc1. The van der Waals surface area contributed by atoms with Gasteiger partial charge in [0.25, 0.3) is 0 Å². The van der Waals surface area contributed by atoms with Gasteiger partial charge in [-0.15, -0.1) is 5.10 Å².